The van der Waals surface area contributed by atoms with Gasteiger partial charge in [0.2, 0.25) is 0 Å². The van der Waals surface area contributed by atoms with Crippen LogP contribution in [0.5, 0.6) is 0 Å². The number of nitrogens with zero attached hydrogens (tertiary/aromatic N) is 2. The van der Waals surface area contributed by atoms with E-state index in [1.54, 1.807) is 7.11 Å². The van der Waals surface area contributed by atoms with Crippen molar-refractivity contribution < 1.29 is 14.6 Å². The molecule has 5 heteroatoms. The van der Waals surface area contributed by atoms with E-state index in [2.05, 4.69) is 16.7 Å². The van der Waals surface area contributed by atoms with E-state index in [9.17, 15) is 5.11 Å². The van der Waals surface area contributed by atoms with E-state index < -0.39 is 6.10 Å². The molecular formula is C13H28N2O3. The molecule has 108 valence electrons. The van der Waals surface area contributed by atoms with Crippen molar-refractivity contribution in [3.05, 3.63) is 0 Å². The van der Waals surface area contributed by atoms with E-state index in [0.29, 0.717) is 19.8 Å². The lowest BCUT2D eigenvalue weighted by molar-refractivity contribution is -0.0425. The number of methoxy groups -OCH3 is 1. The molecule has 1 N–H and O–H groups in total. The number of aliphatic hydroxyl groups excluding tert-OH is 1. The number of hydrogen-bond donors (Lipinski definition) is 1. The molecule has 0 saturated carbocycles. The van der Waals surface area contributed by atoms with Crippen LogP contribution in [-0.2, 0) is 9.47 Å². The van der Waals surface area contributed by atoms with Crippen LogP contribution in [0.4, 0.5) is 0 Å². The fraction of sp³-hybridized carbons (Fsp3) is 1.00. The van der Waals surface area contributed by atoms with Crippen LogP contribution in [0.3, 0.4) is 0 Å². The Labute approximate surface area is 111 Å². The summed E-state index contributed by atoms with van der Waals surface area (Å²) in [6, 6.07) is 0. The average Bonchev–Trinajstić information content (AvgIpc) is 2.38. The molecule has 2 atom stereocenters. The van der Waals surface area contributed by atoms with Gasteiger partial charge in [-0.2, -0.15) is 0 Å². The van der Waals surface area contributed by atoms with Crippen molar-refractivity contribution in [1.29, 1.82) is 0 Å². The van der Waals surface area contributed by atoms with Crippen molar-refractivity contribution in [2.45, 2.75) is 26.1 Å². The van der Waals surface area contributed by atoms with E-state index in [1.807, 2.05) is 6.92 Å². The summed E-state index contributed by atoms with van der Waals surface area (Å²) in [5.41, 5.74) is 0. The third kappa shape index (κ3) is 6.11. The monoisotopic (exact) mass is 260 g/mol. The zero-order valence-electron chi connectivity index (χ0n) is 12.0. The van der Waals surface area contributed by atoms with Crippen LogP contribution in [0.2, 0.25) is 0 Å². The Morgan fingerprint density at radius 1 is 1.11 bits per heavy atom. The van der Waals surface area contributed by atoms with Crippen LogP contribution in [0.25, 0.3) is 0 Å². The van der Waals surface area contributed by atoms with E-state index in [0.717, 1.165) is 32.7 Å². The highest BCUT2D eigenvalue weighted by Crippen LogP contribution is 2.03. The number of ether oxygens (including phenoxy) is 2. The van der Waals surface area contributed by atoms with Crippen molar-refractivity contribution >= 4 is 0 Å². The van der Waals surface area contributed by atoms with E-state index in [1.165, 1.54) is 0 Å². The maximum Gasteiger partial charge on any atom is 0.0900 e. The highest BCUT2D eigenvalue weighted by atomic mass is 16.5. The Morgan fingerprint density at radius 2 is 1.72 bits per heavy atom. The molecule has 0 bridgehead atoms. The first-order chi connectivity index (χ1) is 8.65. The summed E-state index contributed by atoms with van der Waals surface area (Å²) in [5.74, 6) is 0. The van der Waals surface area contributed by atoms with Gasteiger partial charge in [0, 0.05) is 39.8 Å². The SMILES string of the molecule is CCN1CCN(CC(O)COC(C)COC)CC1. The van der Waals surface area contributed by atoms with Gasteiger partial charge in [0.15, 0.2) is 0 Å². The molecule has 1 fully saturated rings. The molecule has 0 amide bonds. The van der Waals surface area contributed by atoms with E-state index in [4.69, 9.17) is 9.47 Å². The van der Waals surface area contributed by atoms with Gasteiger partial charge in [0.25, 0.3) is 0 Å². The van der Waals surface area contributed by atoms with Crippen molar-refractivity contribution in [3.8, 4) is 0 Å². The Hall–Kier alpha value is -0.200. The standard InChI is InChI=1S/C13H28N2O3/c1-4-14-5-7-15(8-6-14)9-13(16)11-18-12(2)10-17-3/h12-13,16H,4-11H2,1-3H3. The number of β-amino-alcohol motifs (C(OH)–C–C–N with tert-alkyl or cyclic N) is 1. The number of piperazine rings is 1. The van der Waals surface area contributed by atoms with Crippen molar-refractivity contribution in [3.63, 3.8) is 0 Å². The molecule has 1 aliphatic rings. The molecule has 0 radical (unpaired) electrons. The molecule has 0 aromatic rings. The minimum atomic E-state index is -0.405. The van der Waals surface area contributed by atoms with Crippen LogP contribution >= 0.6 is 0 Å². The summed E-state index contributed by atoms with van der Waals surface area (Å²) >= 11 is 0. The molecule has 1 aliphatic heterocycles. The summed E-state index contributed by atoms with van der Waals surface area (Å²) in [6.07, 6.45) is -0.362. The number of hydrogen-bond acceptors (Lipinski definition) is 5. The van der Waals surface area contributed by atoms with Crippen molar-refractivity contribution in [1.82, 2.24) is 9.80 Å². The zero-order valence-corrected chi connectivity index (χ0v) is 12.0. The molecule has 0 aromatic heterocycles. The van der Waals surface area contributed by atoms with Crippen molar-refractivity contribution in [2.75, 3.05) is 59.6 Å². The van der Waals surface area contributed by atoms with Crippen LogP contribution in [-0.4, -0.2) is 86.7 Å². The van der Waals surface area contributed by atoms with Gasteiger partial charge in [-0.05, 0) is 13.5 Å². The highest BCUT2D eigenvalue weighted by Gasteiger charge is 2.18. The second-order valence-electron chi connectivity index (χ2n) is 4.99. The quantitative estimate of drug-likeness (QED) is 0.667. The second kappa shape index (κ2) is 8.82. The number of aliphatic hydroxyl groups is 1. The van der Waals surface area contributed by atoms with E-state index >= 15 is 0 Å². The highest BCUT2D eigenvalue weighted by molar-refractivity contribution is 4.73. The summed E-state index contributed by atoms with van der Waals surface area (Å²) in [6.45, 7) is 11.2. The minimum absolute atomic E-state index is 0.0431. The minimum Gasteiger partial charge on any atom is -0.389 e. The normalized spacial score (nSPS) is 22.0. The maximum atomic E-state index is 9.92. The average molecular weight is 260 g/mol. The van der Waals surface area contributed by atoms with Gasteiger partial charge in [0.05, 0.1) is 25.4 Å². The molecular weight excluding hydrogens is 232 g/mol. The second-order valence-corrected chi connectivity index (χ2v) is 4.99. The lowest BCUT2D eigenvalue weighted by Crippen LogP contribution is -2.49. The first-order valence-electron chi connectivity index (χ1n) is 6.89. The smallest absolute Gasteiger partial charge is 0.0900 e. The third-order valence-electron chi connectivity index (χ3n) is 3.36. The molecule has 0 aromatic carbocycles. The molecule has 1 heterocycles. The number of likely N-dealkylation sites (N-methyl/N-ethyl adjacent to an activating group) is 1. The van der Waals surface area contributed by atoms with Gasteiger partial charge < -0.3 is 19.5 Å². The lowest BCUT2D eigenvalue weighted by Gasteiger charge is -2.35. The molecule has 1 saturated heterocycles. The first kappa shape index (κ1) is 15.9. The van der Waals surface area contributed by atoms with Gasteiger partial charge in [0.1, 0.15) is 0 Å². The fourth-order valence-electron chi connectivity index (χ4n) is 2.20. The molecule has 18 heavy (non-hydrogen) atoms. The van der Waals surface area contributed by atoms with Crippen LogP contribution < -0.4 is 0 Å². The molecule has 5 nitrogen and oxygen atoms in total. The Bertz CT molecular complexity index is 208. The van der Waals surface area contributed by atoms with Crippen molar-refractivity contribution in [2.24, 2.45) is 0 Å². The van der Waals surface area contributed by atoms with Crippen LogP contribution in [0, 0.1) is 0 Å². The molecule has 0 spiro atoms. The molecule has 2 unspecified atom stereocenters. The van der Waals surface area contributed by atoms with Gasteiger partial charge in [-0.25, -0.2) is 0 Å². The Balaban J connectivity index is 2.11. The summed E-state index contributed by atoms with van der Waals surface area (Å²) < 4.78 is 10.5. The first-order valence-corrected chi connectivity index (χ1v) is 6.89. The van der Waals surface area contributed by atoms with Crippen LogP contribution in [0.1, 0.15) is 13.8 Å². The van der Waals surface area contributed by atoms with Gasteiger partial charge in [-0.15, -0.1) is 0 Å². The molecule has 0 aliphatic carbocycles. The van der Waals surface area contributed by atoms with E-state index in [-0.39, 0.29) is 6.10 Å². The van der Waals surface area contributed by atoms with Gasteiger partial charge >= 0.3 is 0 Å². The van der Waals surface area contributed by atoms with Gasteiger partial charge in [-0.1, -0.05) is 6.92 Å². The maximum absolute atomic E-state index is 9.92. The predicted octanol–water partition coefficient (Wildman–Crippen LogP) is 0.0363. The Morgan fingerprint density at radius 3 is 2.28 bits per heavy atom. The van der Waals surface area contributed by atoms with Crippen LogP contribution in [0.15, 0.2) is 0 Å². The Kier molecular flexibility index (Phi) is 7.77. The largest absolute Gasteiger partial charge is 0.389 e. The molecule has 1 rings (SSSR count). The summed E-state index contributed by atoms with van der Waals surface area (Å²) in [7, 11) is 1.66. The number of rotatable bonds is 8. The summed E-state index contributed by atoms with van der Waals surface area (Å²) in [5, 5.41) is 9.92. The predicted molar refractivity (Wildman–Crippen MR) is 71.9 cm³/mol. The lowest BCUT2D eigenvalue weighted by atomic mass is 10.2. The van der Waals surface area contributed by atoms with Gasteiger partial charge in [-0.3, -0.25) is 4.90 Å². The summed E-state index contributed by atoms with van der Waals surface area (Å²) in [4.78, 5) is 4.74. The third-order valence-corrected chi connectivity index (χ3v) is 3.36. The fourth-order valence-corrected chi connectivity index (χ4v) is 2.20. The topological polar surface area (TPSA) is 45.2 Å². The zero-order chi connectivity index (χ0) is 13.4.